The third-order valence-corrected chi connectivity index (χ3v) is 4.34. The van der Waals surface area contributed by atoms with Gasteiger partial charge in [0.25, 0.3) is 0 Å². The van der Waals surface area contributed by atoms with Crippen LogP contribution in [0.5, 0.6) is 0 Å². The van der Waals surface area contributed by atoms with Crippen LogP contribution < -0.4 is 5.32 Å². The lowest BCUT2D eigenvalue weighted by atomic mass is 10.0. The maximum Gasteiger partial charge on any atom is 0.134 e. The lowest BCUT2D eigenvalue weighted by Crippen LogP contribution is -2.09. The minimum atomic E-state index is 0.582. The quantitative estimate of drug-likeness (QED) is 0.793. The first kappa shape index (κ1) is 15.3. The fourth-order valence-corrected chi connectivity index (χ4v) is 3.11. The van der Waals surface area contributed by atoms with Gasteiger partial charge in [-0.1, -0.05) is 33.6 Å². The standard InChI is InChI=1S/C17H29N3/c1-4-7-15-12-16(18-10-5-2)20-17(19-15)14-9-8-13(6-3)11-14/h12-14H,4-11H2,1-3H3,(H,18,19,20). The number of hydrogen-bond donors (Lipinski definition) is 1. The SMILES string of the molecule is CCCNc1cc(CCC)nc(C2CCC(CC)C2)n1. The van der Waals surface area contributed by atoms with Crippen molar-refractivity contribution in [3.8, 4) is 0 Å². The highest BCUT2D eigenvalue weighted by atomic mass is 15.0. The van der Waals surface area contributed by atoms with Gasteiger partial charge >= 0.3 is 0 Å². The van der Waals surface area contributed by atoms with Crippen LogP contribution in [0.2, 0.25) is 0 Å². The molecule has 0 aromatic carbocycles. The Hall–Kier alpha value is -1.12. The van der Waals surface area contributed by atoms with Crippen molar-refractivity contribution in [1.82, 2.24) is 9.97 Å². The van der Waals surface area contributed by atoms with Gasteiger partial charge in [-0.15, -0.1) is 0 Å². The Labute approximate surface area is 123 Å². The van der Waals surface area contributed by atoms with E-state index in [9.17, 15) is 0 Å². The fourth-order valence-electron chi connectivity index (χ4n) is 3.11. The highest BCUT2D eigenvalue weighted by molar-refractivity contribution is 5.36. The Bertz CT molecular complexity index is 417. The molecule has 0 amide bonds. The van der Waals surface area contributed by atoms with Crippen LogP contribution in [0.4, 0.5) is 5.82 Å². The predicted molar refractivity (Wildman–Crippen MR) is 85.2 cm³/mol. The number of aryl methyl sites for hydroxylation is 1. The van der Waals surface area contributed by atoms with E-state index in [1.54, 1.807) is 0 Å². The molecule has 1 saturated carbocycles. The number of aromatic nitrogens is 2. The largest absolute Gasteiger partial charge is 0.370 e. The smallest absolute Gasteiger partial charge is 0.134 e. The van der Waals surface area contributed by atoms with E-state index in [4.69, 9.17) is 9.97 Å². The van der Waals surface area contributed by atoms with Crippen LogP contribution in [-0.2, 0) is 6.42 Å². The molecule has 0 spiro atoms. The summed E-state index contributed by atoms with van der Waals surface area (Å²) in [5.41, 5.74) is 1.20. The van der Waals surface area contributed by atoms with Crippen LogP contribution in [0.25, 0.3) is 0 Å². The van der Waals surface area contributed by atoms with Crippen molar-refractivity contribution in [3.63, 3.8) is 0 Å². The van der Waals surface area contributed by atoms with Gasteiger partial charge in [0.05, 0.1) is 0 Å². The first-order chi connectivity index (χ1) is 9.76. The molecule has 0 saturated heterocycles. The van der Waals surface area contributed by atoms with Gasteiger partial charge in [-0.2, -0.15) is 0 Å². The highest BCUT2D eigenvalue weighted by Crippen LogP contribution is 2.38. The Balaban J connectivity index is 2.15. The average molecular weight is 275 g/mol. The van der Waals surface area contributed by atoms with Crippen LogP contribution in [0.15, 0.2) is 6.07 Å². The third-order valence-electron chi connectivity index (χ3n) is 4.34. The van der Waals surface area contributed by atoms with Crippen LogP contribution in [0, 0.1) is 5.92 Å². The van der Waals surface area contributed by atoms with Crippen molar-refractivity contribution < 1.29 is 0 Å². The molecule has 1 aliphatic carbocycles. The van der Waals surface area contributed by atoms with Crippen molar-refractivity contribution in [2.75, 3.05) is 11.9 Å². The van der Waals surface area contributed by atoms with E-state index in [1.165, 1.54) is 31.4 Å². The lowest BCUT2D eigenvalue weighted by Gasteiger charge is -2.13. The zero-order valence-corrected chi connectivity index (χ0v) is 13.3. The molecule has 0 bridgehead atoms. The summed E-state index contributed by atoms with van der Waals surface area (Å²) in [4.78, 5) is 9.61. The molecule has 1 aliphatic rings. The van der Waals surface area contributed by atoms with Crippen molar-refractivity contribution in [2.45, 2.75) is 71.6 Å². The van der Waals surface area contributed by atoms with Gasteiger partial charge in [-0.3, -0.25) is 0 Å². The summed E-state index contributed by atoms with van der Waals surface area (Å²) in [5, 5.41) is 3.43. The average Bonchev–Trinajstić information content (AvgIpc) is 2.94. The first-order valence-electron chi connectivity index (χ1n) is 8.38. The maximum absolute atomic E-state index is 4.83. The normalized spacial score (nSPS) is 22.1. The topological polar surface area (TPSA) is 37.8 Å². The third kappa shape index (κ3) is 3.94. The van der Waals surface area contributed by atoms with Gasteiger partial charge < -0.3 is 5.32 Å². The summed E-state index contributed by atoms with van der Waals surface area (Å²) >= 11 is 0. The lowest BCUT2D eigenvalue weighted by molar-refractivity contribution is 0.516. The van der Waals surface area contributed by atoms with Crippen molar-refractivity contribution >= 4 is 5.82 Å². The molecule has 1 aromatic heterocycles. The Kier molecular flexibility index (Phi) is 5.81. The molecule has 3 heteroatoms. The molecule has 2 atom stereocenters. The second-order valence-corrected chi connectivity index (χ2v) is 6.06. The van der Waals surface area contributed by atoms with Gasteiger partial charge in [0, 0.05) is 24.2 Å². The fraction of sp³-hybridized carbons (Fsp3) is 0.765. The monoisotopic (exact) mass is 275 g/mol. The molecule has 20 heavy (non-hydrogen) atoms. The number of nitrogens with one attached hydrogen (secondary N) is 1. The molecule has 2 rings (SSSR count). The minimum absolute atomic E-state index is 0.582. The van der Waals surface area contributed by atoms with E-state index < -0.39 is 0 Å². The summed E-state index contributed by atoms with van der Waals surface area (Å²) in [6.07, 6.45) is 8.52. The minimum Gasteiger partial charge on any atom is -0.370 e. The first-order valence-corrected chi connectivity index (χ1v) is 8.38. The molecular weight excluding hydrogens is 246 g/mol. The van der Waals surface area contributed by atoms with E-state index >= 15 is 0 Å². The second kappa shape index (κ2) is 7.61. The van der Waals surface area contributed by atoms with Crippen molar-refractivity contribution in [3.05, 3.63) is 17.6 Å². The molecule has 1 N–H and O–H groups in total. The van der Waals surface area contributed by atoms with E-state index in [0.29, 0.717) is 5.92 Å². The van der Waals surface area contributed by atoms with Gasteiger partial charge in [0.1, 0.15) is 11.6 Å². The summed E-state index contributed by atoms with van der Waals surface area (Å²) in [6, 6.07) is 2.13. The Morgan fingerprint density at radius 2 is 2.00 bits per heavy atom. The van der Waals surface area contributed by atoms with E-state index in [-0.39, 0.29) is 0 Å². The van der Waals surface area contributed by atoms with E-state index in [0.717, 1.165) is 43.4 Å². The number of hydrogen-bond acceptors (Lipinski definition) is 3. The van der Waals surface area contributed by atoms with Crippen molar-refractivity contribution in [1.29, 1.82) is 0 Å². The summed E-state index contributed by atoms with van der Waals surface area (Å²) in [5.74, 6) is 3.58. The molecule has 1 aromatic rings. The van der Waals surface area contributed by atoms with Crippen LogP contribution in [0.1, 0.15) is 76.7 Å². The Morgan fingerprint density at radius 3 is 2.65 bits per heavy atom. The molecule has 0 aliphatic heterocycles. The molecule has 2 unspecified atom stereocenters. The summed E-state index contributed by atoms with van der Waals surface area (Å²) in [7, 11) is 0. The number of nitrogens with zero attached hydrogens (tertiary/aromatic N) is 2. The summed E-state index contributed by atoms with van der Waals surface area (Å²) in [6.45, 7) is 7.69. The van der Waals surface area contributed by atoms with Gasteiger partial charge in [-0.05, 0) is 38.0 Å². The van der Waals surface area contributed by atoms with Crippen molar-refractivity contribution in [2.24, 2.45) is 5.92 Å². The molecule has 1 fully saturated rings. The summed E-state index contributed by atoms with van der Waals surface area (Å²) < 4.78 is 0. The predicted octanol–water partition coefficient (Wildman–Crippen LogP) is 4.54. The van der Waals surface area contributed by atoms with E-state index in [1.807, 2.05) is 0 Å². The maximum atomic E-state index is 4.83. The Morgan fingerprint density at radius 1 is 1.15 bits per heavy atom. The van der Waals surface area contributed by atoms with Gasteiger partial charge in [-0.25, -0.2) is 9.97 Å². The molecule has 3 nitrogen and oxygen atoms in total. The van der Waals surface area contributed by atoms with Crippen LogP contribution in [-0.4, -0.2) is 16.5 Å². The number of rotatable bonds is 7. The molecular formula is C17H29N3. The van der Waals surface area contributed by atoms with E-state index in [2.05, 4.69) is 32.2 Å². The zero-order chi connectivity index (χ0) is 14.4. The molecule has 0 radical (unpaired) electrons. The molecule has 1 heterocycles. The zero-order valence-electron chi connectivity index (χ0n) is 13.3. The van der Waals surface area contributed by atoms with Gasteiger partial charge in [0.2, 0.25) is 0 Å². The van der Waals surface area contributed by atoms with Gasteiger partial charge in [0.15, 0.2) is 0 Å². The van der Waals surface area contributed by atoms with Crippen LogP contribution >= 0.6 is 0 Å². The molecule has 112 valence electrons. The highest BCUT2D eigenvalue weighted by Gasteiger charge is 2.27. The second-order valence-electron chi connectivity index (χ2n) is 6.06. The van der Waals surface area contributed by atoms with Crippen LogP contribution in [0.3, 0.4) is 0 Å². The number of anilines is 1.